The minimum atomic E-state index is -0.989. The largest absolute Gasteiger partial charge is 0.478 e. The van der Waals surface area contributed by atoms with Crippen molar-refractivity contribution in [3.8, 4) is 0 Å². The second-order valence-electron chi connectivity index (χ2n) is 2.90. The highest BCUT2D eigenvalue weighted by Crippen LogP contribution is 2.17. The van der Waals surface area contributed by atoms with Gasteiger partial charge >= 0.3 is 12.0 Å². The zero-order valence-electron chi connectivity index (χ0n) is 8.69. The van der Waals surface area contributed by atoms with Crippen molar-refractivity contribution >= 4 is 29.4 Å². The summed E-state index contributed by atoms with van der Waals surface area (Å²) in [5, 5.41) is 15.4. The van der Waals surface area contributed by atoms with E-state index in [1.54, 1.807) is 0 Å². The minimum Gasteiger partial charge on any atom is -0.478 e. The Morgan fingerprint density at radius 3 is 2.94 bits per heavy atom. The average Bonchev–Trinajstić information content (AvgIpc) is 2.70. The third kappa shape index (κ3) is 3.74. The molecule has 3 N–H and O–H groups in total. The van der Waals surface area contributed by atoms with E-state index in [0.29, 0.717) is 6.54 Å². The van der Waals surface area contributed by atoms with Gasteiger partial charge < -0.3 is 15.7 Å². The van der Waals surface area contributed by atoms with Gasteiger partial charge in [-0.05, 0) is 23.1 Å². The molecule has 0 unspecified atom stereocenters. The maximum atomic E-state index is 11.0. The highest BCUT2D eigenvalue weighted by Gasteiger charge is 2.03. The lowest BCUT2D eigenvalue weighted by Gasteiger charge is -2.03. The minimum absolute atomic E-state index is 0.262. The van der Waals surface area contributed by atoms with Crippen LogP contribution in [0.2, 0.25) is 0 Å². The van der Waals surface area contributed by atoms with Crippen LogP contribution in [0.3, 0.4) is 0 Å². The van der Waals surface area contributed by atoms with E-state index < -0.39 is 5.97 Å². The fourth-order valence-corrected chi connectivity index (χ4v) is 1.86. The number of carboxylic acids is 1. The Bertz CT molecular complexity index is 412. The van der Waals surface area contributed by atoms with Crippen LogP contribution in [-0.4, -0.2) is 24.2 Å². The smallest absolute Gasteiger partial charge is 0.328 e. The molecular weight excluding hydrogens is 228 g/mol. The second kappa shape index (κ2) is 5.92. The normalized spacial score (nSPS) is 10.3. The molecule has 2 amide bonds. The highest BCUT2D eigenvalue weighted by molar-refractivity contribution is 7.10. The maximum absolute atomic E-state index is 11.0. The Kier molecular flexibility index (Phi) is 4.53. The summed E-state index contributed by atoms with van der Waals surface area (Å²) in [7, 11) is 1.54. The molecule has 0 radical (unpaired) electrons. The molecule has 16 heavy (non-hydrogen) atoms. The van der Waals surface area contributed by atoms with Crippen molar-refractivity contribution in [1.29, 1.82) is 0 Å². The number of carbonyl (C=O) groups is 2. The summed E-state index contributed by atoms with van der Waals surface area (Å²) in [6.07, 6.45) is 2.59. The van der Waals surface area contributed by atoms with Crippen LogP contribution in [0.25, 0.3) is 6.08 Å². The van der Waals surface area contributed by atoms with Crippen molar-refractivity contribution in [1.82, 2.24) is 10.6 Å². The zero-order chi connectivity index (χ0) is 12.0. The van der Waals surface area contributed by atoms with Crippen molar-refractivity contribution in [3.63, 3.8) is 0 Å². The van der Waals surface area contributed by atoms with E-state index in [1.807, 2.05) is 11.4 Å². The number of hydrogen-bond donors (Lipinski definition) is 3. The molecule has 0 fully saturated rings. The molecule has 1 rings (SSSR count). The number of nitrogens with one attached hydrogen (secondary N) is 2. The van der Waals surface area contributed by atoms with E-state index in [-0.39, 0.29) is 6.03 Å². The predicted octanol–water partition coefficient (Wildman–Crippen LogP) is 1.27. The topological polar surface area (TPSA) is 78.4 Å². The summed E-state index contributed by atoms with van der Waals surface area (Å²) in [5.74, 6) is -0.989. The lowest BCUT2D eigenvalue weighted by molar-refractivity contribution is -0.131. The van der Waals surface area contributed by atoms with Crippen LogP contribution in [0.5, 0.6) is 0 Å². The van der Waals surface area contributed by atoms with E-state index in [0.717, 1.165) is 16.5 Å². The zero-order valence-corrected chi connectivity index (χ0v) is 9.50. The van der Waals surface area contributed by atoms with Gasteiger partial charge in [0.15, 0.2) is 0 Å². The molecule has 0 aliphatic rings. The van der Waals surface area contributed by atoms with E-state index in [1.165, 1.54) is 24.5 Å². The number of rotatable bonds is 4. The maximum Gasteiger partial charge on any atom is 0.328 e. The number of thiophene rings is 1. The molecular formula is C10H12N2O3S. The Labute approximate surface area is 96.8 Å². The molecule has 86 valence electrons. The van der Waals surface area contributed by atoms with Crippen LogP contribution >= 0.6 is 11.3 Å². The van der Waals surface area contributed by atoms with Gasteiger partial charge in [0, 0.05) is 18.0 Å². The monoisotopic (exact) mass is 240 g/mol. The average molecular weight is 240 g/mol. The summed E-state index contributed by atoms with van der Waals surface area (Å²) in [4.78, 5) is 22.2. The second-order valence-corrected chi connectivity index (χ2v) is 3.90. The van der Waals surface area contributed by atoms with Gasteiger partial charge in [-0.2, -0.15) is 0 Å². The van der Waals surface area contributed by atoms with Crippen molar-refractivity contribution in [2.24, 2.45) is 0 Å². The van der Waals surface area contributed by atoms with Gasteiger partial charge in [0.1, 0.15) is 0 Å². The summed E-state index contributed by atoms with van der Waals surface area (Å²) >= 11 is 1.47. The van der Waals surface area contributed by atoms with Crippen molar-refractivity contribution < 1.29 is 14.7 Å². The first kappa shape index (κ1) is 12.3. The molecule has 0 spiro atoms. The molecule has 1 heterocycles. The standard InChI is InChI=1S/C10H12N2O3S/c1-11-10(15)12-6-8-7(4-5-16-8)2-3-9(13)14/h2-5H,6H2,1H3,(H,13,14)(H2,11,12,15)/b3-2+. The van der Waals surface area contributed by atoms with Gasteiger partial charge in [0.2, 0.25) is 0 Å². The Morgan fingerprint density at radius 2 is 2.31 bits per heavy atom. The number of carbonyl (C=O) groups excluding carboxylic acids is 1. The number of hydrogen-bond acceptors (Lipinski definition) is 3. The van der Waals surface area contributed by atoms with Gasteiger partial charge in [0.25, 0.3) is 0 Å². The van der Waals surface area contributed by atoms with Crippen LogP contribution in [0.1, 0.15) is 10.4 Å². The molecule has 0 atom stereocenters. The van der Waals surface area contributed by atoms with E-state index >= 15 is 0 Å². The number of carboxylic acid groups (broad SMARTS) is 1. The molecule has 6 heteroatoms. The van der Waals surface area contributed by atoms with E-state index in [9.17, 15) is 9.59 Å². The van der Waals surface area contributed by atoms with Gasteiger partial charge in [-0.1, -0.05) is 0 Å². The molecule has 0 saturated carbocycles. The predicted molar refractivity (Wildman–Crippen MR) is 62.3 cm³/mol. The first-order valence-electron chi connectivity index (χ1n) is 4.56. The van der Waals surface area contributed by atoms with Gasteiger partial charge in [0.05, 0.1) is 6.54 Å². The van der Waals surface area contributed by atoms with Gasteiger partial charge in [-0.25, -0.2) is 9.59 Å². The SMILES string of the molecule is CNC(=O)NCc1sccc1/C=C/C(=O)O. The fourth-order valence-electron chi connectivity index (χ4n) is 1.05. The molecule has 1 aromatic heterocycles. The van der Waals surface area contributed by atoms with Crippen LogP contribution in [0, 0.1) is 0 Å². The van der Waals surface area contributed by atoms with Crippen molar-refractivity contribution in [2.45, 2.75) is 6.54 Å². The van der Waals surface area contributed by atoms with Crippen molar-refractivity contribution in [2.75, 3.05) is 7.05 Å². The van der Waals surface area contributed by atoms with Crippen LogP contribution < -0.4 is 10.6 Å². The van der Waals surface area contributed by atoms with E-state index in [2.05, 4.69) is 10.6 Å². The molecule has 0 saturated heterocycles. The molecule has 5 nitrogen and oxygen atoms in total. The molecule has 0 aliphatic carbocycles. The Balaban J connectivity index is 2.63. The van der Waals surface area contributed by atoms with Gasteiger partial charge in [-0.15, -0.1) is 11.3 Å². The molecule has 0 aromatic carbocycles. The third-order valence-corrected chi connectivity index (χ3v) is 2.76. The number of urea groups is 1. The Hall–Kier alpha value is -1.82. The fraction of sp³-hybridized carbons (Fsp3) is 0.200. The first-order valence-corrected chi connectivity index (χ1v) is 5.44. The molecule has 1 aromatic rings. The molecule has 0 bridgehead atoms. The Morgan fingerprint density at radius 1 is 1.56 bits per heavy atom. The lowest BCUT2D eigenvalue weighted by Crippen LogP contribution is -2.31. The summed E-state index contributed by atoms with van der Waals surface area (Å²) in [5.41, 5.74) is 0.809. The van der Waals surface area contributed by atoms with Crippen LogP contribution in [0.4, 0.5) is 4.79 Å². The van der Waals surface area contributed by atoms with Gasteiger partial charge in [-0.3, -0.25) is 0 Å². The summed E-state index contributed by atoms with van der Waals surface area (Å²) in [6, 6.07) is 1.55. The lowest BCUT2D eigenvalue weighted by atomic mass is 10.2. The summed E-state index contributed by atoms with van der Waals surface area (Å²) in [6.45, 7) is 0.386. The number of aliphatic carboxylic acids is 1. The van der Waals surface area contributed by atoms with Crippen molar-refractivity contribution in [3.05, 3.63) is 28.0 Å². The quantitative estimate of drug-likeness (QED) is 0.693. The van der Waals surface area contributed by atoms with Crippen LogP contribution in [0.15, 0.2) is 17.5 Å². The first-order chi connectivity index (χ1) is 7.63. The third-order valence-electron chi connectivity index (χ3n) is 1.82. The summed E-state index contributed by atoms with van der Waals surface area (Å²) < 4.78 is 0. The number of amides is 2. The van der Waals surface area contributed by atoms with Crippen LogP contribution in [-0.2, 0) is 11.3 Å². The molecule has 0 aliphatic heterocycles. The van der Waals surface area contributed by atoms with E-state index in [4.69, 9.17) is 5.11 Å². The highest BCUT2D eigenvalue weighted by atomic mass is 32.1.